The molecule has 6 heteroatoms. The summed E-state index contributed by atoms with van der Waals surface area (Å²) in [5.41, 5.74) is 1.43. The summed E-state index contributed by atoms with van der Waals surface area (Å²) in [7, 11) is -3.14. The lowest BCUT2D eigenvalue weighted by atomic mass is 9.67. The van der Waals surface area contributed by atoms with E-state index in [4.69, 9.17) is 0 Å². The van der Waals surface area contributed by atoms with E-state index in [1.165, 1.54) is 31.9 Å². The van der Waals surface area contributed by atoms with Gasteiger partial charge in [-0.2, -0.15) is 0 Å². The van der Waals surface area contributed by atoms with Crippen LogP contribution in [-0.2, 0) is 16.4 Å². The van der Waals surface area contributed by atoms with Crippen molar-refractivity contribution in [3.8, 4) is 0 Å². The molecule has 0 aliphatic heterocycles. The van der Waals surface area contributed by atoms with E-state index in [2.05, 4.69) is 29.5 Å². The maximum absolute atomic E-state index is 11.5. The Kier molecular flexibility index (Phi) is 6.27. The van der Waals surface area contributed by atoms with E-state index < -0.39 is 9.84 Å². The number of hydrogen-bond donors (Lipinski definition) is 2. The van der Waals surface area contributed by atoms with Crippen molar-refractivity contribution in [2.24, 2.45) is 10.4 Å². The van der Waals surface area contributed by atoms with Crippen LogP contribution in [0.4, 0.5) is 0 Å². The number of sulfone groups is 1. The van der Waals surface area contributed by atoms with Crippen LogP contribution in [-0.4, -0.2) is 33.7 Å². The molecule has 0 amide bonds. The summed E-state index contributed by atoms with van der Waals surface area (Å²) in [6.45, 7) is 6.62. The second-order valence-electron chi connectivity index (χ2n) is 6.67. The second-order valence-corrected chi connectivity index (χ2v) is 8.69. The summed E-state index contributed by atoms with van der Waals surface area (Å²) in [6.07, 6.45) is 6.34. The maximum atomic E-state index is 11.5. The Balaban J connectivity index is 1.97. The average molecular weight is 352 g/mol. The summed E-state index contributed by atoms with van der Waals surface area (Å²) in [4.78, 5) is 4.96. The SMILES string of the molecule is CCNC(=NCc1ccc(S(C)(=O)=O)cc1)NCC1(CC)CCC1. The van der Waals surface area contributed by atoms with Gasteiger partial charge >= 0.3 is 0 Å². The van der Waals surface area contributed by atoms with Crippen molar-refractivity contribution < 1.29 is 8.42 Å². The number of hydrogen-bond acceptors (Lipinski definition) is 3. The summed E-state index contributed by atoms with van der Waals surface area (Å²) < 4.78 is 23.0. The zero-order valence-electron chi connectivity index (χ0n) is 14.9. The molecule has 0 unspecified atom stereocenters. The molecule has 0 radical (unpaired) electrons. The topological polar surface area (TPSA) is 70.6 Å². The van der Waals surface area contributed by atoms with E-state index in [9.17, 15) is 8.42 Å². The highest BCUT2D eigenvalue weighted by Crippen LogP contribution is 2.42. The van der Waals surface area contributed by atoms with Crippen LogP contribution >= 0.6 is 0 Å². The highest BCUT2D eigenvalue weighted by molar-refractivity contribution is 7.90. The van der Waals surface area contributed by atoms with Gasteiger partial charge in [-0.3, -0.25) is 0 Å². The molecule has 0 bridgehead atoms. The number of nitrogens with zero attached hydrogens (tertiary/aromatic N) is 1. The van der Waals surface area contributed by atoms with E-state index >= 15 is 0 Å². The molecule has 1 aromatic carbocycles. The fraction of sp³-hybridized carbons (Fsp3) is 0.611. The first-order valence-corrected chi connectivity index (χ1v) is 10.6. The Morgan fingerprint density at radius 1 is 1.17 bits per heavy atom. The average Bonchev–Trinajstić information content (AvgIpc) is 2.51. The van der Waals surface area contributed by atoms with Crippen LogP contribution in [0, 0.1) is 5.41 Å². The maximum Gasteiger partial charge on any atom is 0.191 e. The predicted octanol–water partition coefficient (Wildman–Crippen LogP) is 2.73. The van der Waals surface area contributed by atoms with Crippen molar-refractivity contribution in [2.45, 2.75) is 51.0 Å². The normalized spacial score (nSPS) is 17.2. The summed E-state index contributed by atoms with van der Waals surface area (Å²) in [6, 6.07) is 6.92. The third-order valence-corrected chi connectivity index (χ3v) is 6.04. The van der Waals surface area contributed by atoms with Crippen LogP contribution in [0.1, 0.15) is 45.1 Å². The summed E-state index contributed by atoms with van der Waals surface area (Å²) in [5, 5.41) is 6.74. The Morgan fingerprint density at radius 3 is 2.29 bits per heavy atom. The molecule has 1 aliphatic rings. The highest BCUT2D eigenvalue weighted by Gasteiger charge is 2.34. The van der Waals surface area contributed by atoms with Crippen LogP contribution in [0.2, 0.25) is 0 Å². The number of benzene rings is 1. The van der Waals surface area contributed by atoms with Crippen LogP contribution in [0.3, 0.4) is 0 Å². The Bertz CT molecular complexity index is 656. The molecule has 5 nitrogen and oxygen atoms in total. The van der Waals surface area contributed by atoms with Crippen molar-refractivity contribution in [2.75, 3.05) is 19.3 Å². The van der Waals surface area contributed by atoms with Crippen molar-refractivity contribution in [3.63, 3.8) is 0 Å². The molecule has 0 heterocycles. The van der Waals surface area contributed by atoms with Crippen LogP contribution in [0.15, 0.2) is 34.2 Å². The molecular weight excluding hydrogens is 322 g/mol. The predicted molar refractivity (Wildman–Crippen MR) is 98.9 cm³/mol. The first kappa shape index (κ1) is 18.8. The zero-order chi connectivity index (χ0) is 17.6. The van der Waals surface area contributed by atoms with E-state index in [1.54, 1.807) is 12.1 Å². The minimum absolute atomic E-state index is 0.343. The fourth-order valence-electron chi connectivity index (χ4n) is 2.96. The van der Waals surface area contributed by atoms with Gasteiger partial charge in [0.1, 0.15) is 0 Å². The number of rotatable bonds is 7. The fourth-order valence-corrected chi connectivity index (χ4v) is 3.59. The quantitative estimate of drug-likeness (QED) is 0.585. The van der Waals surface area contributed by atoms with Crippen molar-refractivity contribution >= 4 is 15.8 Å². The number of guanidine groups is 1. The Hall–Kier alpha value is -1.56. The van der Waals surface area contributed by atoms with E-state index in [0.29, 0.717) is 16.9 Å². The monoisotopic (exact) mass is 351 g/mol. The van der Waals surface area contributed by atoms with Gasteiger partial charge in [0, 0.05) is 19.3 Å². The van der Waals surface area contributed by atoms with Crippen molar-refractivity contribution in [1.82, 2.24) is 10.6 Å². The summed E-state index contributed by atoms with van der Waals surface area (Å²) in [5.74, 6) is 0.824. The van der Waals surface area contributed by atoms with Crippen LogP contribution in [0.5, 0.6) is 0 Å². The molecule has 1 aliphatic carbocycles. The summed E-state index contributed by atoms with van der Waals surface area (Å²) >= 11 is 0. The van der Waals surface area contributed by atoms with Gasteiger partial charge in [0.05, 0.1) is 11.4 Å². The Labute approximate surface area is 145 Å². The minimum Gasteiger partial charge on any atom is -0.357 e. The van der Waals surface area contributed by atoms with E-state index in [0.717, 1.165) is 24.6 Å². The highest BCUT2D eigenvalue weighted by atomic mass is 32.2. The Morgan fingerprint density at radius 2 is 1.83 bits per heavy atom. The van der Waals surface area contributed by atoms with Gasteiger partial charge in [-0.05, 0) is 49.3 Å². The molecule has 1 aromatic rings. The van der Waals surface area contributed by atoms with Gasteiger partial charge in [0.2, 0.25) is 0 Å². The van der Waals surface area contributed by atoms with Gasteiger partial charge in [-0.1, -0.05) is 25.5 Å². The molecule has 2 N–H and O–H groups in total. The first-order valence-electron chi connectivity index (χ1n) is 8.70. The standard InChI is InChI=1S/C18H29N3O2S/c1-4-18(11-6-12-18)14-21-17(19-5-2)20-13-15-7-9-16(10-8-15)24(3,22)23/h7-10H,4-6,11-14H2,1-3H3,(H2,19,20,21). The third-order valence-electron chi connectivity index (χ3n) is 4.91. The lowest BCUT2D eigenvalue weighted by Gasteiger charge is -2.41. The van der Waals surface area contributed by atoms with Crippen molar-refractivity contribution in [1.29, 1.82) is 0 Å². The van der Waals surface area contributed by atoms with Gasteiger partial charge in [0.25, 0.3) is 0 Å². The molecule has 0 atom stereocenters. The van der Waals surface area contributed by atoms with Crippen LogP contribution in [0.25, 0.3) is 0 Å². The molecule has 134 valence electrons. The lowest BCUT2D eigenvalue weighted by Crippen LogP contribution is -2.46. The molecule has 0 spiro atoms. The molecule has 0 aromatic heterocycles. The van der Waals surface area contributed by atoms with Crippen LogP contribution < -0.4 is 10.6 Å². The molecular formula is C18H29N3O2S. The van der Waals surface area contributed by atoms with Crippen molar-refractivity contribution in [3.05, 3.63) is 29.8 Å². The lowest BCUT2D eigenvalue weighted by molar-refractivity contribution is 0.131. The number of aliphatic imine (C=N–C) groups is 1. The molecule has 0 saturated heterocycles. The zero-order valence-corrected chi connectivity index (χ0v) is 15.7. The second kappa shape index (κ2) is 8.01. The number of nitrogens with one attached hydrogen (secondary N) is 2. The van der Waals surface area contributed by atoms with E-state index in [-0.39, 0.29) is 0 Å². The molecule has 1 saturated carbocycles. The van der Waals surface area contributed by atoms with Gasteiger partial charge < -0.3 is 10.6 Å². The first-order chi connectivity index (χ1) is 11.4. The van der Waals surface area contributed by atoms with Gasteiger partial charge in [-0.25, -0.2) is 13.4 Å². The third kappa shape index (κ3) is 4.97. The molecule has 2 rings (SSSR count). The molecule has 1 fully saturated rings. The van der Waals surface area contributed by atoms with Gasteiger partial charge in [-0.15, -0.1) is 0 Å². The van der Waals surface area contributed by atoms with E-state index in [1.807, 2.05) is 12.1 Å². The molecule has 24 heavy (non-hydrogen) atoms. The minimum atomic E-state index is -3.14. The largest absolute Gasteiger partial charge is 0.357 e. The smallest absolute Gasteiger partial charge is 0.191 e. The van der Waals surface area contributed by atoms with Gasteiger partial charge in [0.15, 0.2) is 15.8 Å².